The van der Waals surface area contributed by atoms with Crippen LogP contribution in [0.15, 0.2) is 43.0 Å². The molecule has 0 atom stereocenters. The van der Waals surface area contributed by atoms with Crippen LogP contribution >= 0.6 is 11.3 Å². The van der Waals surface area contributed by atoms with Gasteiger partial charge in [0.15, 0.2) is 0 Å². The highest BCUT2D eigenvalue weighted by atomic mass is 32.1. The van der Waals surface area contributed by atoms with Gasteiger partial charge in [0.05, 0.1) is 5.69 Å². The van der Waals surface area contributed by atoms with Crippen LogP contribution in [0.25, 0.3) is 10.2 Å². The summed E-state index contributed by atoms with van der Waals surface area (Å²) >= 11 is 1.37. The van der Waals surface area contributed by atoms with E-state index >= 15 is 0 Å². The van der Waals surface area contributed by atoms with E-state index in [0.717, 1.165) is 33.5 Å². The third-order valence-electron chi connectivity index (χ3n) is 4.05. The molecule has 0 aliphatic heterocycles. The fourth-order valence-electron chi connectivity index (χ4n) is 2.85. The van der Waals surface area contributed by atoms with E-state index in [1.165, 1.54) is 11.3 Å². The highest BCUT2D eigenvalue weighted by Gasteiger charge is 2.21. The molecule has 3 rings (SSSR count). The van der Waals surface area contributed by atoms with E-state index in [1.807, 2.05) is 38.1 Å². The molecule has 1 aromatic carbocycles. The number of fused-ring (bicyclic) bond motifs is 1. The smallest absolute Gasteiger partial charge is 0.205 e. The van der Waals surface area contributed by atoms with Crippen LogP contribution < -0.4 is 5.73 Å². The molecular formula is C19H18N2OS. The molecule has 2 N–H and O–H groups in total. The molecule has 2 heterocycles. The molecule has 3 nitrogen and oxygen atoms in total. The molecule has 0 unspecified atom stereocenters. The Labute approximate surface area is 139 Å². The van der Waals surface area contributed by atoms with Crippen molar-refractivity contribution in [3.63, 3.8) is 0 Å². The lowest BCUT2D eigenvalue weighted by atomic mass is 10.0. The van der Waals surface area contributed by atoms with Crippen LogP contribution in [0, 0.1) is 13.8 Å². The Kier molecular flexibility index (Phi) is 4.01. The predicted octanol–water partition coefficient (Wildman–Crippen LogP) is 4.45. The number of carbonyl (C=O) groups is 1. The largest absolute Gasteiger partial charge is 0.397 e. The van der Waals surface area contributed by atoms with Gasteiger partial charge in [-0.15, -0.1) is 17.9 Å². The number of ketones is 1. The van der Waals surface area contributed by atoms with Gasteiger partial charge in [-0.3, -0.25) is 4.79 Å². The maximum Gasteiger partial charge on any atom is 0.205 e. The Bertz CT molecular complexity index is 910. The number of nitrogens with two attached hydrogens (primary N) is 1. The summed E-state index contributed by atoms with van der Waals surface area (Å²) in [6, 6.07) is 9.21. The van der Waals surface area contributed by atoms with E-state index in [1.54, 1.807) is 12.1 Å². The van der Waals surface area contributed by atoms with Gasteiger partial charge >= 0.3 is 0 Å². The van der Waals surface area contributed by atoms with E-state index < -0.39 is 0 Å². The summed E-state index contributed by atoms with van der Waals surface area (Å²) in [5, 5.41) is 0.900. The highest BCUT2D eigenvalue weighted by Crippen LogP contribution is 2.37. The number of pyridine rings is 1. The average Bonchev–Trinajstić information content (AvgIpc) is 2.88. The van der Waals surface area contributed by atoms with Crippen LogP contribution in [0.1, 0.15) is 32.1 Å². The fourth-order valence-corrected chi connectivity index (χ4v) is 4.01. The van der Waals surface area contributed by atoms with Gasteiger partial charge in [0.25, 0.3) is 0 Å². The minimum atomic E-state index is -0.0478. The molecule has 0 spiro atoms. The molecule has 0 fully saturated rings. The average molecular weight is 322 g/mol. The van der Waals surface area contributed by atoms with Crippen LogP contribution in [0.3, 0.4) is 0 Å². The topological polar surface area (TPSA) is 56.0 Å². The van der Waals surface area contributed by atoms with Crippen molar-refractivity contribution in [3.8, 4) is 0 Å². The summed E-state index contributed by atoms with van der Waals surface area (Å²) in [5.74, 6) is -0.0478. The minimum Gasteiger partial charge on any atom is -0.397 e. The Balaban J connectivity index is 2.21. The first-order chi connectivity index (χ1) is 11.0. The minimum absolute atomic E-state index is 0.0478. The van der Waals surface area contributed by atoms with Crippen molar-refractivity contribution >= 4 is 33.0 Å². The van der Waals surface area contributed by atoms with Gasteiger partial charge < -0.3 is 5.73 Å². The number of anilines is 1. The number of benzene rings is 1. The summed E-state index contributed by atoms with van der Waals surface area (Å²) < 4.78 is 0. The first-order valence-corrected chi connectivity index (χ1v) is 8.25. The van der Waals surface area contributed by atoms with Crippen molar-refractivity contribution in [2.75, 3.05) is 5.73 Å². The zero-order valence-electron chi connectivity index (χ0n) is 13.2. The molecule has 116 valence electrons. The molecule has 0 aliphatic rings. The number of aromatic nitrogens is 1. The fraction of sp³-hybridized carbons (Fsp3) is 0.158. The molecule has 0 saturated heterocycles. The van der Waals surface area contributed by atoms with E-state index in [-0.39, 0.29) is 5.78 Å². The van der Waals surface area contributed by atoms with Crippen molar-refractivity contribution in [2.24, 2.45) is 0 Å². The molecule has 0 amide bonds. The number of allylic oxidation sites excluding steroid dienone is 1. The van der Waals surface area contributed by atoms with E-state index in [2.05, 4.69) is 11.6 Å². The predicted molar refractivity (Wildman–Crippen MR) is 97.3 cm³/mol. The summed E-state index contributed by atoms with van der Waals surface area (Å²) in [7, 11) is 0. The van der Waals surface area contributed by atoms with Gasteiger partial charge in [-0.1, -0.05) is 36.4 Å². The first-order valence-electron chi connectivity index (χ1n) is 7.43. The number of nitrogens with zero attached hydrogens (tertiary/aromatic N) is 1. The van der Waals surface area contributed by atoms with Gasteiger partial charge in [0, 0.05) is 16.6 Å². The Hall–Kier alpha value is -2.46. The SMILES string of the molecule is C=CCc1c(C)nc2sc(C(=O)c3ccccc3)c(N)c2c1C. The summed E-state index contributed by atoms with van der Waals surface area (Å²) in [6.45, 7) is 7.83. The molecule has 4 heteroatoms. The molecule has 2 aromatic heterocycles. The van der Waals surface area contributed by atoms with Gasteiger partial charge in [0.1, 0.15) is 9.71 Å². The van der Waals surface area contributed by atoms with Gasteiger partial charge in [0.2, 0.25) is 5.78 Å². The first kappa shape index (κ1) is 15.4. The number of hydrogen-bond acceptors (Lipinski definition) is 4. The quantitative estimate of drug-likeness (QED) is 0.570. The second-order valence-electron chi connectivity index (χ2n) is 5.51. The summed E-state index contributed by atoms with van der Waals surface area (Å²) in [5.41, 5.74) is 10.7. The monoisotopic (exact) mass is 322 g/mol. The van der Waals surface area contributed by atoms with Crippen LogP contribution in [0.5, 0.6) is 0 Å². The van der Waals surface area contributed by atoms with E-state index in [9.17, 15) is 4.79 Å². The molecule has 0 saturated carbocycles. The second kappa shape index (κ2) is 5.97. The Morgan fingerprint density at radius 3 is 2.65 bits per heavy atom. The van der Waals surface area contributed by atoms with Gasteiger partial charge in [-0.25, -0.2) is 4.98 Å². The Morgan fingerprint density at radius 1 is 1.30 bits per heavy atom. The van der Waals surface area contributed by atoms with E-state index in [4.69, 9.17) is 5.73 Å². The summed E-state index contributed by atoms with van der Waals surface area (Å²) in [6.07, 6.45) is 2.61. The standard InChI is InChI=1S/C19H18N2OS/c1-4-8-14-11(2)15-16(20)18(23-19(15)21-12(14)3)17(22)13-9-6-5-7-10-13/h4-7,9-10H,1,8,20H2,2-3H3. The molecule has 0 aliphatic carbocycles. The number of aryl methyl sites for hydroxylation is 2. The number of rotatable bonds is 4. The lowest BCUT2D eigenvalue weighted by Gasteiger charge is -2.08. The van der Waals surface area contributed by atoms with Crippen molar-refractivity contribution < 1.29 is 4.79 Å². The molecule has 3 aromatic rings. The number of carbonyl (C=O) groups excluding carboxylic acids is 1. The zero-order chi connectivity index (χ0) is 16.6. The molecule has 0 radical (unpaired) electrons. The lowest BCUT2D eigenvalue weighted by Crippen LogP contribution is -2.02. The van der Waals surface area contributed by atoms with Crippen molar-refractivity contribution in [1.29, 1.82) is 0 Å². The maximum atomic E-state index is 12.7. The number of thiophene rings is 1. The highest BCUT2D eigenvalue weighted by molar-refractivity contribution is 7.21. The zero-order valence-corrected chi connectivity index (χ0v) is 14.0. The Morgan fingerprint density at radius 2 is 2.00 bits per heavy atom. The van der Waals surface area contributed by atoms with Gasteiger partial charge in [-0.05, 0) is 31.4 Å². The van der Waals surface area contributed by atoms with Crippen LogP contribution in [0.4, 0.5) is 5.69 Å². The van der Waals surface area contributed by atoms with Gasteiger partial charge in [-0.2, -0.15) is 0 Å². The second-order valence-corrected chi connectivity index (χ2v) is 6.51. The van der Waals surface area contributed by atoms with Crippen LogP contribution in [-0.4, -0.2) is 10.8 Å². The summed E-state index contributed by atoms with van der Waals surface area (Å²) in [4.78, 5) is 18.8. The van der Waals surface area contributed by atoms with Crippen molar-refractivity contribution in [1.82, 2.24) is 4.98 Å². The number of hydrogen-bond donors (Lipinski definition) is 1. The van der Waals surface area contributed by atoms with Crippen molar-refractivity contribution in [3.05, 3.63) is 70.2 Å². The third kappa shape index (κ3) is 2.55. The molecule has 23 heavy (non-hydrogen) atoms. The maximum absolute atomic E-state index is 12.7. The third-order valence-corrected chi connectivity index (χ3v) is 5.15. The van der Waals surface area contributed by atoms with Crippen molar-refractivity contribution in [2.45, 2.75) is 20.3 Å². The number of nitrogen functional groups attached to an aromatic ring is 1. The normalized spacial score (nSPS) is 10.9. The molecular weight excluding hydrogens is 304 g/mol. The van der Waals surface area contributed by atoms with Crippen LogP contribution in [-0.2, 0) is 6.42 Å². The van der Waals surface area contributed by atoms with Crippen LogP contribution in [0.2, 0.25) is 0 Å². The van der Waals surface area contributed by atoms with E-state index in [0.29, 0.717) is 16.1 Å². The lowest BCUT2D eigenvalue weighted by molar-refractivity contribution is 0.104. The molecule has 0 bridgehead atoms.